The van der Waals surface area contributed by atoms with Gasteiger partial charge in [-0.2, -0.15) is 4.79 Å². The molecule has 0 fully saturated rings. The van der Waals surface area contributed by atoms with E-state index in [0.29, 0.717) is 19.7 Å². The van der Waals surface area contributed by atoms with Crippen LogP contribution < -0.4 is 4.74 Å². The average Bonchev–Trinajstić information content (AvgIpc) is 2.88. The molecule has 0 aliphatic carbocycles. The van der Waals surface area contributed by atoms with Crippen molar-refractivity contribution in [2.45, 2.75) is 45.8 Å². The highest BCUT2D eigenvalue weighted by Gasteiger charge is 2.29. The molecule has 1 aliphatic rings. The summed E-state index contributed by atoms with van der Waals surface area (Å²) in [7, 11) is 1.23. The number of benzene rings is 1. The lowest BCUT2D eigenvalue weighted by atomic mass is 10.0. The zero-order chi connectivity index (χ0) is 21.4. The molecule has 1 aromatic carbocycles. The van der Waals surface area contributed by atoms with Gasteiger partial charge in [-0.15, -0.1) is 0 Å². The van der Waals surface area contributed by atoms with E-state index >= 15 is 0 Å². The van der Waals surface area contributed by atoms with E-state index in [2.05, 4.69) is 10.9 Å². The maximum atomic E-state index is 12.7. The predicted molar refractivity (Wildman–Crippen MR) is 106 cm³/mol. The van der Waals surface area contributed by atoms with Crippen LogP contribution in [0.2, 0.25) is 0 Å². The Labute approximate surface area is 170 Å². The summed E-state index contributed by atoms with van der Waals surface area (Å²) in [5.74, 6) is -0.909. The van der Waals surface area contributed by atoms with E-state index in [1.807, 2.05) is 24.3 Å². The lowest BCUT2D eigenvalue weighted by Crippen LogP contribution is -2.33. The average molecular weight is 403 g/mol. The third-order valence-electron chi connectivity index (χ3n) is 4.14. The minimum atomic E-state index is -0.938. The quantitative estimate of drug-likeness (QED) is 0.718. The molecule has 0 aromatic heterocycles. The van der Waals surface area contributed by atoms with Gasteiger partial charge in [-0.3, -0.25) is 9.59 Å². The Bertz CT molecular complexity index is 818. The van der Waals surface area contributed by atoms with E-state index in [4.69, 9.17) is 14.2 Å². The van der Waals surface area contributed by atoms with Gasteiger partial charge >= 0.3 is 18.1 Å². The zero-order valence-electron chi connectivity index (χ0n) is 17.3. The van der Waals surface area contributed by atoms with Gasteiger partial charge in [0.25, 0.3) is 0 Å². The third kappa shape index (κ3) is 7.11. The first-order valence-corrected chi connectivity index (χ1v) is 9.45. The second-order valence-electron chi connectivity index (χ2n) is 7.61. The van der Waals surface area contributed by atoms with Crippen LogP contribution in [0, 0.1) is 12.0 Å². The van der Waals surface area contributed by atoms with Gasteiger partial charge in [-0.25, -0.2) is 0 Å². The molecule has 1 aliphatic heterocycles. The van der Waals surface area contributed by atoms with Crippen molar-refractivity contribution < 1.29 is 28.6 Å². The van der Waals surface area contributed by atoms with E-state index in [9.17, 15) is 14.4 Å². The molecule has 2 amide bonds. The van der Waals surface area contributed by atoms with Crippen LogP contribution in [-0.4, -0.2) is 48.7 Å². The van der Waals surface area contributed by atoms with Crippen molar-refractivity contribution in [1.29, 1.82) is 0 Å². The molecule has 0 saturated carbocycles. The molecule has 1 atom stereocenters. The van der Waals surface area contributed by atoms with Gasteiger partial charge in [0.1, 0.15) is 18.0 Å². The molecule has 29 heavy (non-hydrogen) atoms. The van der Waals surface area contributed by atoms with E-state index in [1.165, 1.54) is 7.11 Å². The van der Waals surface area contributed by atoms with Crippen LogP contribution >= 0.6 is 0 Å². The lowest BCUT2D eigenvalue weighted by Gasteiger charge is -2.20. The SMILES string of the molecule is COC(=O)C(C#[N+]C(=O)OC(C)(C)C)CCC(=O)N1CCOc2ccccc2C1. The molecule has 1 aromatic rings. The monoisotopic (exact) mass is 403 g/mol. The maximum absolute atomic E-state index is 12.7. The molecular weight excluding hydrogens is 376 g/mol. The van der Waals surface area contributed by atoms with Crippen molar-refractivity contribution in [2.75, 3.05) is 20.3 Å². The molecule has 0 spiro atoms. The lowest BCUT2D eigenvalue weighted by molar-refractivity contribution is -0.143. The summed E-state index contributed by atoms with van der Waals surface area (Å²) in [5, 5.41) is 0. The van der Waals surface area contributed by atoms with Gasteiger partial charge in [0.15, 0.2) is 5.92 Å². The highest BCUT2D eigenvalue weighted by molar-refractivity contribution is 5.83. The highest BCUT2D eigenvalue weighted by Crippen LogP contribution is 2.23. The fraction of sp³-hybridized carbons (Fsp3) is 0.524. The number of hydrogen-bond acceptors (Lipinski definition) is 6. The van der Waals surface area contributed by atoms with Crippen molar-refractivity contribution in [1.82, 2.24) is 4.90 Å². The fourth-order valence-electron chi connectivity index (χ4n) is 2.76. The zero-order valence-corrected chi connectivity index (χ0v) is 17.3. The summed E-state index contributed by atoms with van der Waals surface area (Å²) < 4.78 is 15.5. The van der Waals surface area contributed by atoms with Crippen LogP contribution in [0.3, 0.4) is 0 Å². The van der Waals surface area contributed by atoms with Gasteiger partial charge in [-0.05, 0) is 33.3 Å². The van der Waals surface area contributed by atoms with Crippen molar-refractivity contribution in [3.05, 3.63) is 34.7 Å². The van der Waals surface area contributed by atoms with Crippen LogP contribution in [0.1, 0.15) is 39.2 Å². The van der Waals surface area contributed by atoms with Crippen molar-refractivity contribution >= 4 is 18.0 Å². The number of carbonyl (C=O) groups is 3. The first-order chi connectivity index (χ1) is 13.7. The Morgan fingerprint density at radius 1 is 1.28 bits per heavy atom. The largest absolute Gasteiger partial charge is 0.728 e. The minimum Gasteiger partial charge on any atom is -0.491 e. The molecule has 0 N–H and O–H groups in total. The van der Waals surface area contributed by atoms with Crippen LogP contribution in [0.25, 0.3) is 4.85 Å². The Balaban J connectivity index is 1.99. The molecule has 0 bridgehead atoms. The summed E-state index contributed by atoms with van der Waals surface area (Å²) in [4.78, 5) is 41.6. The molecular formula is C21H27N2O6+. The molecule has 2 rings (SSSR count). The number of nitrogens with zero attached hydrogens (tertiary/aromatic N) is 2. The molecule has 156 valence electrons. The molecule has 0 radical (unpaired) electrons. The fourth-order valence-corrected chi connectivity index (χ4v) is 2.76. The standard InChI is InChI=1S/C21H27N2O6/c1-21(2,3)29-20(26)22-13-15(19(25)27-4)9-10-18(24)23-11-12-28-17-8-6-5-7-16(17)14-23/h5-8,15H,9-12,14H2,1-4H3/q+1. The number of ether oxygens (including phenoxy) is 3. The van der Waals surface area contributed by atoms with Crippen molar-refractivity contribution in [3.63, 3.8) is 0 Å². The van der Waals surface area contributed by atoms with Crippen molar-refractivity contribution in [2.24, 2.45) is 5.92 Å². The first-order valence-electron chi connectivity index (χ1n) is 9.45. The van der Waals surface area contributed by atoms with E-state index in [0.717, 1.165) is 11.3 Å². The number of amides is 2. The topological polar surface area (TPSA) is 86.5 Å². The highest BCUT2D eigenvalue weighted by atomic mass is 16.6. The molecule has 8 heteroatoms. The predicted octanol–water partition coefficient (Wildman–Crippen LogP) is 3.25. The van der Waals surface area contributed by atoms with Crippen LogP contribution in [0.15, 0.2) is 24.3 Å². The van der Waals surface area contributed by atoms with E-state index < -0.39 is 23.6 Å². The van der Waals surface area contributed by atoms with Crippen LogP contribution in [0.5, 0.6) is 5.75 Å². The summed E-state index contributed by atoms with van der Waals surface area (Å²) >= 11 is 0. The number of rotatable bonds is 4. The number of esters is 1. The smallest absolute Gasteiger partial charge is 0.491 e. The number of hydrogen-bond donors (Lipinski definition) is 0. The van der Waals surface area contributed by atoms with Crippen molar-refractivity contribution in [3.8, 4) is 11.8 Å². The summed E-state index contributed by atoms with van der Waals surface area (Å²) in [6.07, 6.45) is -0.644. The number of para-hydroxylation sites is 1. The summed E-state index contributed by atoms with van der Waals surface area (Å²) in [5.41, 5.74) is 0.227. The minimum absolute atomic E-state index is 0.0821. The first kappa shape index (κ1) is 22.2. The maximum Gasteiger partial charge on any atom is 0.728 e. The second kappa shape index (κ2) is 9.92. The molecule has 1 heterocycles. The van der Waals surface area contributed by atoms with Gasteiger partial charge in [0.2, 0.25) is 5.91 Å². The van der Waals surface area contributed by atoms with E-state index in [1.54, 1.807) is 25.7 Å². The van der Waals surface area contributed by atoms with Gasteiger partial charge in [0, 0.05) is 18.5 Å². The van der Waals surface area contributed by atoms with E-state index in [-0.39, 0.29) is 18.7 Å². The van der Waals surface area contributed by atoms with Gasteiger partial charge < -0.3 is 19.1 Å². The molecule has 0 saturated heterocycles. The Kier molecular flexibility index (Phi) is 7.59. The normalized spacial score (nSPS) is 14.3. The second-order valence-corrected chi connectivity index (χ2v) is 7.61. The number of methoxy groups -OCH3 is 1. The van der Waals surface area contributed by atoms with Gasteiger partial charge in [0.05, 0.1) is 18.5 Å². The van der Waals surface area contributed by atoms with Crippen LogP contribution in [-0.2, 0) is 25.6 Å². The number of fused-ring (bicyclic) bond motifs is 1. The Morgan fingerprint density at radius 3 is 2.69 bits per heavy atom. The Hall–Kier alpha value is -3.08. The number of carbonyl (C=O) groups excluding carboxylic acids is 3. The molecule has 8 nitrogen and oxygen atoms in total. The third-order valence-corrected chi connectivity index (χ3v) is 4.14. The Morgan fingerprint density at radius 2 is 2.00 bits per heavy atom. The van der Waals surface area contributed by atoms with Gasteiger partial charge in [-0.1, -0.05) is 18.2 Å². The van der Waals surface area contributed by atoms with Crippen LogP contribution in [0.4, 0.5) is 4.79 Å². The molecule has 1 unspecified atom stereocenters. The summed E-state index contributed by atoms with van der Waals surface area (Å²) in [6.45, 7) is 6.41. The summed E-state index contributed by atoms with van der Waals surface area (Å²) in [6, 6.07) is 10.0.